The smallest absolute Gasteiger partial charge is 0.180 e. The minimum absolute atomic E-state index is 0.0480. The summed E-state index contributed by atoms with van der Waals surface area (Å²) in [6, 6.07) is 6.02. The third-order valence-corrected chi connectivity index (χ3v) is 6.35. The highest BCUT2D eigenvalue weighted by Gasteiger charge is 2.21. The number of benzene rings is 1. The number of methoxy groups -OCH3 is 1. The number of hydrogen-bond acceptors (Lipinski definition) is 10. The summed E-state index contributed by atoms with van der Waals surface area (Å²) in [6.07, 6.45) is -1.15. The summed E-state index contributed by atoms with van der Waals surface area (Å²) in [5, 5.41) is 26.5. The van der Waals surface area contributed by atoms with E-state index in [1.807, 2.05) is 0 Å². The molecule has 2 unspecified atom stereocenters. The van der Waals surface area contributed by atoms with Crippen LogP contribution in [-0.4, -0.2) is 96.9 Å². The number of sulfone groups is 1. The van der Waals surface area contributed by atoms with Gasteiger partial charge in [-0.05, 0) is 36.1 Å². The molecule has 0 spiro atoms. The molecule has 3 N–H and O–H groups in total. The molecule has 0 aliphatic carbocycles. The zero-order valence-corrected chi connectivity index (χ0v) is 20.4. The van der Waals surface area contributed by atoms with Crippen LogP contribution in [0.5, 0.6) is 0 Å². The number of ether oxygens (including phenoxy) is 4. The molecule has 0 radical (unpaired) electrons. The standard InChI is InChI=1S/C21H36N4O8S/c1-30-9-3-5-19(26)17-34(28,29)20-6-2-4-18(16-20)21(27)23-7-10-31-12-14-33-15-13-32-11-8-24-25-22/h2,4,6,16,19,21,23,26-27H,3,5,7-15,17H2,1H3. The molecular weight excluding hydrogens is 468 g/mol. The third kappa shape index (κ3) is 13.8. The minimum Gasteiger partial charge on any atom is -0.392 e. The van der Waals surface area contributed by atoms with Crippen molar-refractivity contribution in [3.8, 4) is 0 Å². The zero-order chi connectivity index (χ0) is 25.1. The van der Waals surface area contributed by atoms with Crippen LogP contribution in [-0.2, 0) is 28.8 Å². The third-order valence-electron chi connectivity index (χ3n) is 4.56. The fourth-order valence-electron chi connectivity index (χ4n) is 2.85. The Morgan fingerprint density at radius 3 is 2.41 bits per heavy atom. The predicted molar refractivity (Wildman–Crippen MR) is 125 cm³/mol. The fourth-order valence-corrected chi connectivity index (χ4v) is 4.32. The van der Waals surface area contributed by atoms with E-state index in [9.17, 15) is 18.6 Å². The highest BCUT2D eigenvalue weighted by molar-refractivity contribution is 7.91. The topological polar surface area (TPSA) is 172 Å². The summed E-state index contributed by atoms with van der Waals surface area (Å²) < 4.78 is 46.0. The van der Waals surface area contributed by atoms with Crippen molar-refractivity contribution in [3.05, 3.63) is 40.3 Å². The van der Waals surface area contributed by atoms with Crippen LogP contribution < -0.4 is 5.32 Å². The average molecular weight is 505 g/mol. The minimum atomic E-state index is -3.70. The van der Waals surface area contributed by atoms with Gasteiger partial charge in [0.05, 0.1) is 56.4 Å². The molecule has 0 amide bonds. The number of hydrogen-bond donors (Lipinski definition) is 3. The molecule has 0 saturated heterocycles. The molecule has 0 aliphatic heterocycles. The van der Waals surface area contributed by atoms with Gasteiger partial charge in [0.25, 0.3) is 0 Å². The van der Waals surface area contributed by atoms with Crippen LogP contribution in [0.15, 0.2) is 34.3 Å². The van der Waals surface area contributed by atoms with Crippen molar-refractivity contribution in [2.45, 2.75) is 30.1 Å². The molecule has 0 saturated carbocycles. The molecule has 1 aromatic rings. The van der Waals surface area contributed by atoms with E-state index < -0.39 is 22.2 Å². The van der Waals surface area contributed by atoms with E-state index in [1.54, 1.807) is 19.2 Å². The van der Waals surface area contributed by atoms with Gasteiger partial charge in [0.2, 0.25) is 0 Å². The second-order valence-electron chi connectivity index (χ2n) is 7.29. The first-order valence-electron chi connectivity index (χ1n) is 11.1. The molecule has 194 valence electrons. The van der Waals surface area contributed by atoms with Gasteiger partial charge >= 0.3 is 0 Å². The first-order valence-corrected chi connectivity index (χ1v) is 12.7. The number of aliphatic hydroxyl groups is 2. The zero-order valence-electron chi connectivity index (χ0n) is 19.5. The van der Waals surface area contributed by atoms with E-state index in [2.05, 4.69) is 15.3 Å². The fraction of sp³-hybridized carbons (Fsp3) is 0.714. The van der Waals surface area contributed by atoms with Crippen LogP contribution in [0, 0.1) is 0 Å². The van der Waals surface area contributed by atoms with Crippen molar-refractivity contribution < 1.29 is 37.6 Å². The molecule has 0 bridgehead atoms. The van der Waals surface area contributed by atoms with Gasteiger partial charge in [-0.25, -0.2) is 8.42 Å². The van der Waals surface area contributed by atoms with Gasteiger partial charge < -0.3 is 29.2 Å². The molecular formula is C21H36N4O8S. The Morgan fingerprint density at radius 2 is 1.74 bits per heavy atom. The molecule has 2 atom stereocenters. The molecule has 1 aromatic carbocycles. The number of rotatable bonds is 21. The summed E-state index contributed by atoms with van der Waals surface area (Å²) in [5.41, 5.74) is 8.53. The van der Waals surface area contributed by atoms with Crippen molar-refractivity contribution >= 4 is 9.84 Å². The van der Waals surface area contributed by atoms with Crippen LogP contribution in [0.3, 0.4) is 0 Å². The lowest BCUT2D eigenvalue weighted by Gasteiger charge is -2.15. The van der Waals surface area contributed by atoms with Crippen molar-refractivity contribution in [1.29, 1.82) is 0 Å². The second-order valence-corrected chi connectivity index (χ2v) is 9.33. The Balaban J connectivity index is 2.26. The molecule has 0 aliphatic rings. The van der Waals surface area contributed by atoms with E-state index in [0.717, 1.165) is 0 Å². The Morgan fingerprint density at radius 1 is 1.06 bits per heavy atom. The van der Waals surface area contributed by atoms with E-state index in [0.29, 0.717) is 71.2 Å². The normalized spacial score (nSPS) is 13.4. The molecule has 0 fully saturated rings. The van der Waals surface area contributed by atoms with E-state index in [-0.39, 0.29) is 17.2 Å². The van der Waals surface area contributed by atoms with Gasteiger partial charge in [0.15, 0.2) is 9.84 Å². The van der Waals surface area contributed by atoms with Crippen molar-refractivity contribution in [2.75, 3.05) is 72.2 Å². The maximum Gasteiger partial charge on any atom is 0.180 e. The highest BCUT2D eigenvalue weighted by Crippen LogP contribution is 2.19. The molecule has 1 rings (SSSR count). The maximum atomic E-state index is 12.6. The van der Waals surface area contributed by atoms with E-state index >= 15 is 0 Å². The second kappa shape index (κ2) is 18.5. The summed E-state index contributed by atoms with van der Waals surface area (Å²) in [4.78, 5) is 2.67. The maximum absolute atomic E-state index is 12.6. The van der Waals surface area contributed by atoms with Gasteiger partial charge in [0.1, 0.15) is 6.23 Å². The average Bonchev–Trinajstić information content (AvgIpc) is 2.82. The van der Waals surface area contributed by atoms with E-state index in [4.69, 9.17) is 24.5 Å². The number of azide groups is 1. The Labute approximate surface area is 200 Å². The lowest BCUT2D eigenvalue weighted by Crippen LogP contribution is -2.26. The number of nitrogens with zero attached hydrogens (tertiary/aromatic N) is 3. The van der Waals surface area contributed by atoms with Gasteiger partial charge in [-0.15, -0.1) is 0 Å². The highest BCUT2D eigenvalue weighted by atomic mass is 32.2. The van der Waals surface area contributed by atoms with Gasteiger partial charge in [0, 0.05) is 31.7 Å². The lowest BCUT2D eigenvalue weighted by molar-refractivity contribution is 0.0143. The largest absolute Gasteiger partial charge is 0.392 e. The Hall–Kier alpha value is -1.80. The number of nitrogens with one attached hydrogen (secondary N) is 1. The van der Waals surface area contributed by atoms with Crippen LogP contribution in [0.2, 0.25) is 0 Å². The molecule has 34 heavy (non-hydrogen) atoms. The van der Waals surface area contributed by atoms with Gasteiger partial charge in [-0.3, -0.25) is 5.32 Å². The van der Waals surface area contributed by atoms with E-state index in [1.165, 1.54) is 12.1 Å². The summed E-state index contributed by atoms with van der Waals surface area (Å²) >= 11 is 0. The van der Waals surface area contributed by atoms with Crippen molar-refractivity contribution in [1.82, 2.24) is 5.32 Å². The Kier molecular flexibility index (Phi) is 16.5. The summed E-state index contributed by atoms with van der Waals surface area (Å²) in [6.45, 7) is 3.33. The van der Waals surface area contributed by atoms with Crippen LogP contribution >= 0.6 is 0 Å². The molecule has 0 aromatic heterocycles. The van der Waals surface area contributed by atoms with Crippen molar-refractivity contribution in [3.63, 3.8) is 0 Å². The summed E-state index contributed by atoms with van der Waals surface area (Å²) in [5.74, 6) is -0.387. The molecule has 13 heteroatoms. The predicted octanol–water partition coefficient (Wildman–Crippen LogP) is 1.19. The van der Waals surface area contributed by atoms with Crippen LogP contribution in [0.25, 0.3) is 10.4 Å². The quantitative estimate of drug-likeness (QED) is 0.0730. The molecule has 12 nitrogen and oxygen atoms in total. The SMILES string of the molecule is COCCCC(O)CS(=O)(=O)c1cccc(C(O)NCCOCCOCCOCCN=[N+]=[N-])c1. The van der Waals surface area contributed by atoms with Gasteiger partial charge in [-0.1, -0.05) is 17.2 Å². The molecule has 0 heterocycles. The first-order chi connectivity index (χ1) is 16.4. The lowest BCUT2D eigenvalue weighted by atomic mass is 10.2. The van der Waals surface area contributed by atoms with Gasteiger partial charge in [-0.2, -0.15) is 0 Å². The van der Waals surface area contributed by atoms with Crippen molar-refractivity contribution in [2.24, 2.45) is 5.11 Å². The number of aliphatic hydroxyl groups excluding tert-OH is 2. The Bertz CT molecular complexity index is 821. The monoisotopic (exact) mass is 504 g/mol. The van der Waals surface area contributed by atoms with Crippen LogP contribution in [0.1, 0.15) is 24.6 Å². The van der Waals surface area contributed by atoms with Crippen LogP contribution in [0.4, 0.5) is 0 Å². The first kappa shape index (κ1) is 30.2. The summed E-state index contributed by atoms with van der Waals surface area (Å²) in [7, 11) is -2.15.